The molecule has 0 atom stereocenters. The molecule has 0 spiro atoms. The van der Waals surface area contributed by atoms with Crippen LogP contribution in [0.3, 0.4) is 0 Å². The van der Waals surface area contributed by atoms with Crippen LogP contribution in [0.25, 0.3) is 10.1 Å². The molecule has 1 aromatic heterocycles. The van der Waals surface area contributed by atoms with Crippen molar-refractivity contribution in [2.75, 3.05) is 17.7 Å². The van der Waals surface area contributed by atoms with Gasteiger partial charge in [-0.15, -0.1) is 11.3 Å². The number of benzene rings is 2. The van der Waals surface area contributed by atoms with Gasteiger partial charge in [-0.05, 0) is 48.9 Å². The fourth-order valence-electron chi connectivity index (χ4n) is 2.59. The van der Waals surface area contributed by atoms with Gasteiger partial charge in [0.1, 0.15) is 10.6 Å². The summed E-state index contributed by atoms with van der Waals surface area (Å²) in [6.07, 6.45) is 1.27. The van der Waals surface area contributed by atoms with E-state index in [1.54, 1.807) is 31.4 Å². The van der Waals surface area contributed by atoms with Gasteiger partial charge in [0.2, 0.25) is 5.91 Å². The first-order valence-electron chi connectivity index (χ1n) is 8.49. The van der Waals surface area contributed by atoms with E-state index in [1.165, 1.54) is 11.3 Å². The predicted molar refractivity (Wildman–Crippen MR) is 111 cm³/mol. The average Bonchev–Trinajstić information content (AvgIpc) is 2.99. The molecule has 2 amide bonds. The fourth-order valence-corrected chi connectivity index (χ4v) is 4.03. The molecular weight excluding hydrogens is 384 g/mol. The number of nitrogens with one attached hydrogen (secondary N) is 2. The van der Waals surface area contributed by atoms with E-state index in [1.807, 2.05) is 25.1 Å². The molecule has 0 bridgehead atoms. The zero-order valence-corrected chi connectivity index (χ0v) is 16.5. The lowest BCUT2D eigenvalue weighted by molar-refractivity contribution is -0.116. The molecule has 0 saturated heterocycles. The Morgan fingerprint density at radius 3 is 2.37 bits per heavy atom. The smallest absolute Gasteiger partial charge is 0.267 e. The second kappa shape index (κ2) is 8.41. The van der Waals surface area contributed by atoms with E-state index in [-0.39, 0.29) is 11.8 Å². The largest absolute Gasteiger partial charge is 0.497 e. The quantitative estimate of drug-likeness (QED) is 0.567. The molecule has 0 aliphatic heterocycles. The summed E-state index contributed by atoms with van der Waals surface area (Å²) in [6.45, 7) is 1.95. The van der Waals surface area contributed by atoms with Gasteiger partial charge in [0.05, 0.1) is 12.1 Å². The van der Waals surface area contributed by atoms with Gasteiger partial charge in [0.25, 0.3) is 5.91 Å². The van der Waals surface area contributed by atoms with Crippen molar-refractivity contribution in [3.63, 3.8) is 0 Å². The SMILES string of the molecule is CCCC(=O)Nc1ccc(NC(=O)c2sc3cc(OC)ccc3c2Cl)cc1. The highest BCUT2D eigenvalue weighted by molar-refractivity contribution is 7.21. The third kappa shape index (κ3) is 4.40. The second-order valence-corrected chi connectivity index (χ2v) is 7.37. The zero-order chi connectivity index (χ0) is 19.4. The minimum atomic E-state index is -0.275. The van der Waals surface area contributed by atoms with Gasteiger partial charge in [-0.1, -0.05) is 18.5 Å². The van der Waals surface area contributed by atoms with Crippen LogP contribution in [0.4, 0.5) is 11.4 Å². The summed E-state index contributed by atoms with van der Waals surface area (Å²) in [5.74, 6) is 0.415. The number of amides is 2. The molecule has 3 aromatic rings. The Hall–Kier alpha value is -2.57. The summed E-state index contributed by atoms with van der Waals surface area (Å²) in [6, 6.07) is 12.5. The topological polar surface area (TPSA) is 67.4 Å². The van der Waals surface area contributed by atoms with E-state index in [0.29, 0.717) is 33.4 Å². The molecule has 27 heavy (non-hydrogen) atoms. The van der Waals surface area contributed by atoms with Crippen molar-refractivity contribution in [2.45, 2.75) is 19.8 Å². The highest BCUT2D eigenvalue weighted by Gasteiger charge is 2.17. The number of carbonyl (C=O) groups is 2. The number of rotatable bonds is 6. The third-order valence-electron chi connectivity index (χ3n) is 3.95. The van der Waals surface area contributed by atoms with Crippen molar-refractivity contribution in [3.05, 3.63) is 52.4 Å². The molecule has 0 fully saturated rings. The van der Waals surface area contributed by atoms with E-state index >= 15 is 0 Å². The maximum absolute atomic E-state index is 12.6. The third-order valence-corrected chi connectivity index (χ3v) is 5.60. The van der Waals surface area contributed by atoms with E-state index < -0.39 is 0 Å². The number of hydrogen-bond donors (Lipinski definition) is 2. The minimum absolute atomic E-state index is 0.0261. The summed E-state index contributed by atoms with van der Waals surface area (Å²) in [7, 11) is 1.60. The van der Waals surface area contributed by atoms with Crippen LogP contribution in [0.2, 0.25) is 5.02 Å². The van der Waals surface area contributed by atoms with Gasteiger partial charge >= 0.3 is 0 Å². The first kappa shape index (κ1) is 19.2. The molecule has 3 rings (SSSR count). The van der Waals surface area contributed by atoms with Crippen molar-refractivity contribution in [3.8, 4) is 5.75 Å². The summed E-state index contributed by atoms with van der Waals surface area (Å²) in [4.78, 5) is 24.7. The van der Waals surface area contributed by atoms with E-state index in [4.69, 9.17) is 16.3 Å². The van der Waals surface area contributed by atoms with Crippen LogP contribution in [0, 0.1) is 0 Å². The Morgan fingerprint density at radius 1 is 1.07 bits per heavy atom. The summed E-state index contributed by atoms with van der Waals surface area (Å²) in [5.41, 5.74) is 1.32. The zero-order valence-electron chi connectivity index (χ0n) is 15.0. The van der Waals surface area contributed by atoms with E-state index in [2.05, 4.69) is 10.6 Å². The molecule has 0 saturated carbocycles. The van der Waals surface area contributed by atoms with Crippen molar-refractivity contribution < 1.29 is 14.3 Å². The molecular formula is C20H19ClN2O3S. The van der Waals surface area contributed by atoms with Crippen LogP contribution in [0.1, 0.15) is 29.4 Å². The van der Waals surface area contributed by atoms with Gasteiger partial charge in [0.15, 0.2) is 0 Å². The van der Waals surface area contributed by atoms with Crippen LogP contribution in [-0.2, 0) is 4.79 Å². The highest BCUT2D eigenvalue weighted by atomic mass is 35.5. The summed E-state index contributed by atoms with van der Waals surface area (Å²) in [5, 5.41) is 6.90. The molecule has 0 aliphatic carbocycles. The Bertz CT molecular complexity index is 983. The van der Waals surface area contributed by atoms with Crippen LogP contribution in [0.15, 0.2) is 42.5 Å². The summed E-state index contributed by atoms with van der Waals surface area (Å²) < 4.78 is 6.10. The lowest BCUT2D eigenvalue weighted by atomic mass is 10.2. The Balaban J connectivity index is 1.74. The fraction of sp³-hybridized carbons (Fsp3) is 0.200. The first-order valence-corrected chi connectivity index (χ1v) is 9.68. The number of fused-ring (bicyclic) bond motifs is 1. The van der Waals surface area contributed by atoms with Gasteiger partial charge < -0.3 is 15.4 Å². The molecule has 140 valence electrons. The molecule has 5 nitrogen and oxygen atoms in total. The van der Waals surface area contributed by atoms with Crippen molar-refractivity contribution in [2.24, 2.45) is 0 Å². The Kier molecular flexibility index (Phi) is 5.98. The number of halogens is 1. The van der Waals surface area contributed by atoms with Gasteiger partial charge in [-0.3, -0.25) is 9.59 Å². The number of ether oxygens (including phenoxy) is 1. The number of methoxy groups -OCH3 is 1. The van der Waals surface area contributed by atoms with Crippen LogP contribution in [0.5, 0.6) is 5.75 Å². The molecule has 2 aromatic carbocycles. The summed E-state index contributed by atoms with van der Waals surface area (Å²) >= 11 is 7.70. The van der Waals surface area contributed by atoms with Crippen LogP contribution >= 0.6 is 22.9 Å². The Labute approximate surface area is 166 Å². The van der Waals surface area contributed by atoms with Gasteiger partial charge in [-0.25, -0.2) is 0 Å². The van der Waals surface area contributed by atoms with Crippen LogP contribution < -0.4 is 15.4 Å². The molecule has 0 unspecified atom stereocenters. The number of thiophene rings is 1. The van der Waals surface area contributed by atoms with Gasteiger partial charge in [0, 0.05) is 27.9 Å². The lowest BCUT2D eigenvalue weighted by Gasteiger charge is -2.07. The first-order chi connectivity index (χ1) is 13.0. The maximum atomic E-state index is 12.6. The normalized spacial score (nSPS) is 10.6. The minimum Gasteiger partial charge on any atom is -0.497 e. The molecule has 0 radical (unpaired) electrons. The number of carbonyl (C=O) groups excluding carboxylic acids is 2. The van der Waals surface area contributed by atoms with Crippen molar-refractivity contribution in [1.82, 2.24) is 0 Å². The molecule has 7 heteroatoms. The van der Waals surface area contributed by atoms with E-state index in [0.717, 1.165) is 16.5 Å². The van der Waals surface area contributed by atoms with E-state index in [9.17, 15) is 9.59 Å². The molecule has 2 N–H and O–H groups in total. The van der Waals surface area contributed by atoms with Crippen LogP contribution in [-0.4, -0.2) is 18.9 Å². The molecule has 0 aliphatic rings. The monoisotopic (exact) mass is 402 g/mol. The number of anilines is 2. The van der Waals surface area contributed by atoms with Crippen molar-refractivity contribution in [1.29, 1.82) is 0 Å². The standard InChI is InChI=1S/C20H19ClN2O3S/c1-3-4-17(24)22-12-5-7-13(8-6-12)23-20(25)19-18(21)15-10-9-14(26-2)11-16(15)27-19/h5-11H,3-4H2,1-2H3,(H,22,24)(H,23,25). The highest BCUT2D eigenvalue weighted by Crippen LogP contribution is 2.37. The Morgan fingerprint density at radius 2 is 1.74 bits per heavy atom. The van der Waals surface area contributed by atoms with Gasteiger partial charge in [-0.2, -0.15) is 0 Å². The second-order valence-electron chi connectivity index (χ2n) is 5.94. The lowest BCUT2D eigenvalue weighted by Crippen LogP contribution is -2.12. The van der Waals surface area contributed by atoms with Crippen molar-refractivity contribution >= 4 is 56.2 Å². The number of hydrogen-bond acceptors (Lipinski definition) is 4. The molecule has 1 heterocycles. The maximum Gasteiger partial charge on any atom is 0.267 e. The average molecular weight is 403 g/mol. The predicted octanol–water partition coefficient (Wildman–Crippen LogP) is 5.55.